The molecule has 0 spiro atoms. The van der Waals surface area contributed by atoms with Crippen molar-refractivity contribution in [2.24, 2.45) is 5.14 Å². The van der Waals surface area contributed by atoms with Crippen molar-refractivity contribution >= 4 is 31.9 Å². The fourth-order valence-corrected chi connectivity index (χ4v) is 4.18. The molecule has 3 N–H and O–H groups in total. The largest absolute Gasteiger partial charge is 0.337 e. The monoisotopic (exact) mass is 389 g/mol. The molecular formula is C14H20BrN3O3S. The van der Waals surface area contributed by atoms with E-state index in [1.807, 2.05) is 7.05 Å². The smallest absolute Gasteiger partial charge is 0.254 e. The molecule has 0 aromatic heterocycles. The van der Waals surface area contributed by atoms with E-state index in [9.17, 15) is 13.2 Å². The van der Waals surface area contributed by atoms with Crippen LogP contribution in [0.2, 0.25) is 0 Å². The number of hydrogen-bond donors (Lipinski definition) is 2. The van der Waals surface area contributed by atoms with Gasteiger partial charge in [0, 0.05) is 29.2 Å². The SMILES string of the molecule is CN[C@@H]1CCCN(C(=O)c2cc(Br)cc(S(N)(=O)=O)c2C)C1. The average Bonchev–Trinajstić information content (AvgIpc) is 2.47. The molecule has 1 amide bonds. The molecule has 1 aromatic carbocycles. The van der Waals surface area contributed by atoms with Gasteiger partial charge in [-0.2, -0.15) is 0 Å². The maximum Gasteiger partial charge on any atom is 0.254 e. The molecule has 22 heavy (non-hydrogen) atoms. The van der Waals surface area contributed by atoms with Crippen LogP contribution in [0.4, 0.5) is 0 Å². The summed E-state index contributed by atoms with van der Waals surface area (Å²) in [4.78, 5) is 14.5. The molecule has 0 saturated carbocycles. The zero-order valence-corrected chi connectivity index (χ0v) is 15.0. The molecule has 0 radical (unpaired) electrons. The highest BCUT2D eigenvalue weighted by molar-refractivity contribution is 9.10. The van der Waals surface area contributed by atoms with Crippen LogP contribution in [0.1, 0.15) is 28.8 Å². The summed E-state index contributed by atoms with van der Waals surface area (Å²) in [5, 5.41) is 8.42. The molecule has 0 unspecified atom stereocenters. The van der Waals surface area contributed by atoms with Gasteiger partial charge in [-0.3, -0.25) is 4.79 Å². The van der Waals surface area contributed by atoms with E-state index in [0.717, 1.165) is 12.8 Å². The second-order valence-corrected chi connectivity index (χ2v) is 7.95. The van der Waals surface area contributed by atoms with Crippen LogP contribution >= 0.6 is 15.9 Å². The zero-order chi connectivity index (χ0) is 16.5. The minimum absolute atomic E-state index is 0.0209. The summed E-state index contributed by atoms with van der Waals surface area (Å²) in [6.45, 7) is 2.90. The van der Waals surface area contributed by atoms with Crippen molar-refractivity contribution in [2.45, 2.75) is 30.7 Å². The maximum absolute atomic E-state index is 12.8. The van der Waals surface area contributed by atoms with Gasteiger partial charge in [0.2, 0.25) is 10.0 Å². The van der Waals surface area contributed by atoms with Crippen molar-refractivity contribution in [3.63, 3.8) is 0 Å². The summed E-state index contributed by atoms with van der Waals surface area (Å²) in [7, 11) is -1.99. The molecular weight excluding hydrogens is 370 g/mol. The van der Waals surface area contributed by atoms with E-state index in [0.29, 0.717) is 28.7 Å². The number of halogens is 1. The number of primary sulfonamides is 1. The van der Waals surface area contributed by atoms with Crippen LogP contribution in [0.15, 0.2) is 21.5 Å². The highest BCUT2D eigenvalue weighted by Gasteiger charge is 2.26. The van der Waals surface area contributed by atoms with Crippen molar-refractivity contribution in [3.8, 4) is 0 Å². The Labute approximate surface area is 139 Å². The number of benzene rings is 1. The van der Waals surface area contributed by atoms with Crippen molar-refractivity contribution in [3.05, 3.63) is 27.7 Å². The quantitative estimate of drug-likeness (QED) is 0.812. The Balaban J connectivity index is 2.40. The Bertz CT molecular complexity index is 691. The number of carbonyl (C=O) groups is 1. The summed E-state index contributed by atoms with van der Waals surface area (Å²) in [6, 6.07) is 3.34. The van der Waals surface area contributed by atoms with Gasteiger partial charge in [0.05, 0.1) is 4.90 Å². The van der Waals surface area contributed by atoms with Crippen molar-refractivity contribution in [1.29, 1.82) is 0 Å². The number of amides is 1. The van der Waals surface area contributed by atoms with E-state index in [-0.39, 0.29) is 16.8 Å². The average molecular weight is 390 g/mol. The molecule has 0 aliphatic carbocycles. The highest BCUT2D eigenvalue weighted by atomic mass is 79.9. The van der Waals surface area contributed by atoms with E-state index in [1.54, 1.807) is 17.9 Å². The lowest BCUT2D eigenvalue weighted by Crippen LogP contribution is -2.47. The van der Waals surface area contributed by atoms with E-state index in [4.69, 9.17) is 5.14 Å². The number of nitrogens with two attached hydrogens (primary N) is 1. The molecule has 1 saturated heterocycles. The fourth-order valence-electron chi connectivity index (χ4n) is 2.74. The highest BCUT2D eigenvalue weighted by Crippen LogP contribution is 2.26. The van der Waals surface area contributed by atoms with Gasteiger partial charge in [0.25, 0.3) is 5.91 Å². The normalized spacial score (nSPS) is 19.3. The second kappa shape index (κ2) is 6.66. The third-order valence-electron chi connectivity index (χ3n) is 3.98. The Morgan fingerprint density at radius 2 is 2.14 bits per heavy atom. The lowest BCUT2D eigenvalue weighted by molar-refractivity contribution is 0.0697. The minimum Gasteiger partial charge on any atom is -0.337 e. The second-order valence-electron chi connectivity index (χ2n) is 5.50. The lowest BCUT2D eigenvalue weighted by atomic mass is 10.0. The van der Waals surface area contributed by atoms with Crippen molar-refractivity contribution < 1.29 is 13.2 Å². The van der Waals surface area contributed by atoms with Gasteiger partial charge in [-0.05, 0) is 44.5 Å². The predicted octanol–water partition coefficient (Wildman–Crippen LogP) is 1.23. The third-order valence-corrected chi connectivity index (χ3v) is 5.47. The summed E-state index contributed by atoms with van der Waals surface area (Å²) in [6.07, 6.45) is 1.95. The van der Waals surface area contributed by atoms with E-state index >= 15 is 0 Å². The summed E-state index contributed by atoms with van der Waals surface area (Å²) < 4.78 is 23.9. The topological polar surface area (TPSA) is 92.5 Å². The maximum atomic E-state index is 12.8. The molecule has 6 nitrogen and oxygen atoms in total. The van der Waals surface area contributed by atoms with Gasteiger partial charge in [-0.25, -0.2) is 13.6 Å². The van der Waals surface area contributed by atoms with Crippen LogP contribution in [0.3, 0.4) is 0 Å². The van der Waals surface area contributed by atoms with Crippen LogP contribution in [0.25, 0.3) is 0 Å². The number of carbonyl (C=O) groups excluding carboxylic acids is 1. The van der Waals surface area contributed by atoms with Gasteiger partial charge in [-0.1, -0.05) is 15.9 Å². The minimum atomic E-state index is -3.87. The zero-order valence-electron chi connectivity index (χ0n) is 12.6. The van der Waals surface area contributed by atoms with Gasteiger partial charge in [-0.15, -0.1) is 0 Å². The number of hydrogen-bond acceptors (Lipinski definition) is 4. The number of nitrogens with one attached hydrogen (secondary N) is 1. The van der Waals surface area contributed by atoms with Crippen molar-refractivity contribution in [2.75, 3.05) is 20.1 Å². The van der Waals surface area contributed by atoms with Crippen LogP contribution < -0.4 is 10.5 Å². The summed E-state index contributed by atoms with van der Waals surface area (Å²) >= 11 is 3.25. The lowest BCUT2D eigenvalue weighted by Gasteiger charge is -2.33. The molecule has 8 heteroatoms. The molecule has 1 aliphatic heterocycles. The van der Waals surface area contributed by atoms with E-state index in [2.05, 4.69) is 21.2 Å². The summed E-state index contributed by atoms with van der Waals surface area (Å²) in [5.74, 6) is -0.163. The van der Waals surface area contributed by atoms with Crippen molar-refractivity contribution in [1.82, 2.24) is 10.2 Å². The molecule has 1 aliphatic rings. The molecule has 1 fully saturated rings. The standard InChI is InChI=1S/C14H20BrN3O3S/c1-9-12(6-10(15)7-13(9)22(16,20)21)14(19)18-5-3-4-11(8-18)17-2/h6-7,11,17H,3-5,8H2,1-2H3,(H2,16,20,21)/t11-/m1/s1. The molecule has 0 bridgehead atoms. The van der Waals surface area contributed by atoms with Crippen LogP contribution in [-0.2, 0) is 10.0 Å². The Kier molecular flexibility index (Phi) is 5.26. The first-order valence-electron chi connectivity index (χ1n) is 7.03. The van der Waals surface area contributed by atoms with Gasteiger partial charge in [0.15, 0.2) is 0 Å². The molecule has 122 valence electrons. The number of nitrogens with zero attached hydrogens (tertiary/aromatic N) is 1. The molecule has 1 atom stereocenters. The predicted molar refractivity (Wildman–Crippen MR) is 88.2 cm³/mol. The van der Waals surface area contributed by atoms with Crippen LogP contribution in [0, 0.1) is 6.92 Å². The first-order valence-corrected chi connectivity index (χ1v) is 9.37. The number of sulfonamides is 1. The van der Waals surface area contributed by atoms with Gasteiger partial charge in [0.1, 0.15) is 0 Å². The Morgan fingerprint density at radius 3 is 2.73 bits per heavy atom. The van der Waals surface area contributed by atoms with E-state index < -0.39 is 10.0 Å². The number of likely N-dealkylation sites (N-methyl/N-ethyl adjacent to an activating group) is 1. The Hall–Kier alpha value is -0.960. The first-order chi connectivity index (χ1) is 10.2. The molecule has 1 heterocycles. The van der Waals surface area contributed by atoms with E-state index in [1.165, 1.54) is 6.07 Å². The van der Waals surface area contributed by atoms with Crippen LogP contribution in [-0.4, -0.2) is 45.4 Å². The first kappa shape index (κ1) is 17.4. The molecule has 2 rings (SSSR count). The van der Waals surface area contributed by atoms with Gasteiger partial charge < -0.3 is 10.2 Å². The Morgan fingerprint density at radius 1 is 1.45 bits per heavy atom. The number of likely N-dealkylation sites (tertiary alicyclic amines) is 1. The summed E-state index contributed by atoms with van der Waals surface area (Å²) in [5.41, 5.74) is 0.762. The third kappa shape index (κ3) is 3.68. The fraction of sp³-hybridized carbons (Fsp3) is 0.500. The van der Waals surface area contributed by atoms with Crippen LogP contribution in [0.5, 0.6) is 0 Å². The number of rotatable bonds is 3. The van der Waals surface area contributed by atoms with Gasteiger partial charge >= 0.3 is 0 Å². The molecule has 1 aromatic rings. The number of piperidine rings is 1.